The van der Waals surface area contributed by atoms with Crippen LogP contribution in [0.3, 0.4) is 0 Å². The van der Waals surface area contributed by atoms with Gasteiger partial charge in [0.25, 0.3) is 0 Å². The van der Waals surface area contributed by atoms with Gasteiger partial charge in [0.05, 0.1) is 12.0 Å². The van der Waals surface area contributed by atoms with E-state index in [2.05, 4.69) is 4.98 Å². The van der Waals surface area contributed by atoms with Crippen LogP contribution in [-0.4, -0.2) is 16.1 Å². The molecule has 110 valence electrons. The molecule has 0 saturated carbocycles. The molecule has 0 amide bonds. The van der Waals surface area contributed by atoms with Crippen molar-refractivity contribution < 1.29 is 27.5 Å². The van der Waals surface area contributed by atoms with Gasteiger partial charge in [0, 0.05) is 11.8 Å². The fourth-order valence-electron chi connectivity index (χ4n) is 1.83. The number of alkyl halides is 3. The molecule has 0 fully saturated rings. The Morgan fingerprint density at radius 1 is 1.24 bits per heavy atom. The molecule has 0 bridgehead atoms. The van der Waals surface area contributed by atoms with Gasteiger partial charge >= 0.3 is 12.1 Å². The van der Waals surface area contributed by atoms with Crippen LogP contribution in [0.25, 0.3) is 11.1 Å². The number of rotatable bonds is 3. The first kappa shape index (κ1) is 15.0. The Bertz CT molecular complexity index is 683. The number of aliphatic carboxylic acids is 1. The normalized spacial score (nSPS) is 11.4. The van der Waals surface area contributed by atoms with Crippen molar-refractivity contribution in [1.29, 1.82) is 0 Å². The summed E-state index contributed by atoms with van der Waals surface area (Å²) in [6.45, 7) is 0. The van der Waals surface area contributed by atoms with Gasteiger partial charge in [0.1, 0.15) is 0 Å². The highest BCUT2D eigenvalue weighted by Crippen LogP contribution is 2.32. The molecule has 0 aliphatic rings. The van der Waals surface area contributed by atoms with Gasteiger partial charge in [-0.05, 0) is 29.3 Å². The zero-order valence-electron chi connectivity index (χ0n) is 10.5. The predicted molar refractivity (Wildman–Crippen MR) is 66.0 cm³/mol. The summed E-state index contributed by atoms with van der Waals surface area (Å²) in [6.07, 6.45) is -3.89. The largest absolute Gasteiger partial charge is 0.481 e. The van der Waals surface area contributed by atoms with Gasteiger partial charge < -0.3 is 5.11 Å². The Kier molecular flexibility index (Phi) is 3.93. The van der Waals surface area contributed by atoms with Crippen molar-refractivity contribution in [2.24, 2.45) is 0 Å². The minimum atomic E-state index is -4.54. The van der Waals surface area contributed by atoms with Crippen LogP contribution in [0, 0.1) is 5.95 Å². The van der Waals surface area contributed by atoms with E-state index in [9.17, 15) is 22.4 Å². The van der Waals surface area contributed by atoms with Gasteiger partial charge in [0.2, 0.25) is 5.95 Å². The van der Waals surface area contributed by atoms with Crippen LogP contribution in [0.4, 0.5) is 17.6 Å². The SMILES string of the molecule is O=C(O)Cc1cnc(F)c(-c2cccc(C(F)(F)F)c2)c1. The number of nitrogens with zero attached hydrogens (tertiary/aromatic N) is 1. The van der Waals surface area contributed by atoms with Crippen LogP contribution in [0.15, 0.2) is 36.5 Å². The van der Waals surface area contributed by atoms with Crippen molar-refractivity contribution in [3.05, 3.63) is 53.6 Å². The van der Waals surface area contributed by atoms with Crippen molar-refractivity contribution in [2.45, 2.75) is 12.6 Å². The number of hydrogen-bond acceptors (Lipinski definition) is 2. The van der Waals surface area contributed by atoms with Crippen molar-refractivity contribution in [2.75, 3.05) is 0 Å². The van der Waals surface area contributed by atoms with Crippen molar-refractivity contribution in [1.82, 2.24) is 4.98 Å². The monoisotopic (exact) mass is 299 g/mol. The van der Waals surface area contributed by atoms with E-state index >= 15 is 0 Å². The van der Waals surface area contributed by atoms with E-state index < -0.39 is 23.7 Å². The molecule has 0 atom stereocenters. The van der Waals surface area contributed by atoms with E-state index in [1.165, 1.54) is 12.1 Å². The van der Waals surface area contributed by atoms with Crippen LogP contribution in [0.1, 0.15) is 11.1 Å². The highest BCUT2D eigenvalue weighted by molar-refractivity contribution is 5.72. The van der Waals surface area contributed by atoms with Crippen molar-refractivity contribution in [3.8, 4) is 11.1 Å². The molecular formula is C14H9F4NO2. The third kappa shape index (κ3) is 3.56. The number of carboxylic acid groups (broad SMARTS) is 1. The number of carbonyl (C=O) groups is 1. The van der Waals surface area contributed by atoms with E-state index in [1.54, 1.807) is 0 Å². The summed E-state index contributed by atoms with van der Waals surface area (Å²) in [4.78, 5) is 14.0. The van der Waals surface area contributed by atoms with Crippen molar-refractivity contribution >= 4 is 5.97 Å². The van der Waals surface area contributed by atoms with Crippen LogP contribution < -0.4 is 0 Å². The Morgan fingerprint density at radius 2 is 1.95 bits per heavy atom. The van der Waals surface area contributed by atoms with Gasteiger partial charge in [0.15, 0.2) is 0 Å². The highest BCUT2D eigenvalue weighted by atomic mass is 19.4. The van der Waals surface area contributed by atoms with Gasteiger partial charge in [-0.3, -0.25) is 4.79 Å². The fraction of sp³-hybridized carbons (Fsp3) is 0.143. The fourth-order valence-corrected chi connectivity index (χ4v) is 1.83. The molecule has 2 aromatic rings. The zero-order chi connectivity index (χ0) is 15.6. The smallest absolute Gasteiger partial charge is 0.416 e. The molecule has 1 N–H and O–H groups in total. The van der Waals surface area contributed by atoms with Crippen molar-refractivity contribution in [3.63, 3.8) is 0 Å². The maximum absolute atomic E-state index is 13.7. The molecule has 3 nitrogen and oxygen atoms in total. The first-order valence-corrected chi connectivity index (χ1v) is 5.81. The number of benzene rings is 1. The Labute approximate surface area is 116 Å². The third-order valence-corrected chi connectivity index (χ3v) is 2.75. The topological polar surface area (TPSA) is 50.2 Å². The van der Waals surface area contributed by atoms with E-state index in [0.29, 0.717) is 0 Å². The molecule has 0 spiro atoms. The second-order valence-electron chi connectivity index (χ2n) is 4.33. The third-order valence-electron chi connectivity index (χ3n) is 2.75. The average Bonchev–Trinajstić information content (AvgIpc) is 2.39. The summed E-state index contributed by atoms with van der Waals surface area (Å²) < 4.78 is 51.6. The second-order valence-corrected chi connectivity index (χ2v) is 4.33. The van der Waals surface area contributed by atoms with Crippen LogP contribution in [-0.2, 0) is 17.4 Å². The molecular weight excluding hydrogens is 290 g/mol. The summed E-state index contributed by atoms with van der Waals surface area (Å²) in [5.41, 5.74) is -0.888. The quantitative estimate of drug-likeness (QED) is 0.696. The molecule has 1 aromatic carbocycles. The predicted octanol–water partition coefficient (Wildman–Crippen LogP) is 3.53. The molecule has 21 heavy (non-hydrogen) atoms. The van der Waals surface area contributed by atoms with E-state index in [-0.39, 0.29) is 23.1 Å². The first-order valence-electron chi connectivity index (χ1n) is 5.81. The molecule has 0 aliphatic carbocycles. The molecule has 0 unspecified atom stereocenters. The van der Waals surface area contributed by atoms with E-state index in [4.69, 9.17) is 5.11 Å². The van der Waals surface area contributed by atoms with Crippen LogP contribution in [0.5, 0.6) is 0 Å². The Balaban J connectivity index is 2.48. The van der Waals surface area contributed by atoms with Crippen LogP contribution in [0.2, 0.25) is 0 Å². The average molecular weight is 299 g/mol. The molecule has 0 aliphatic heterocycles. The minimum Gasteiger partial charge on any atom is -0.481 e. The van der Waals surface area contributed by atoms with Crippen LogP contribution >= 0.6 is 0 Å². The summed E-state index contributed by atoms with van der Waals surface area (Å²) in [6, 6.07) is 5.31. The Morgan fingerprint density at radius 3 is 2.57 bits per heavy atom. The van der Waals surface area contributed by atoms with E-state index in [0.717, 1.165) is 24.4 Å². The lowest BCUT2D eigenvalue weighted by atomic mass is 10.0. The molecule has 0 radical (unpaired) electrons. The molecule has 0 saturated heterocycles. The number of aromatic nitrogens is 1. The minimum absolute atomic E-state index is 0.0120. The van der Waals surface area contributed by atoms with Gasteiger partial charge in [-0.15, -0.1) is 0 Å². The molecule has 1 heterocycles. The number of halogens is 4. The lowest BCUT2D eigenvalue weighted by Crippen LogP contribution is -2.05. The first-order chi connectivity index (χ1) is 9.77. The number of pyridine rings is 1. The second kappa shape index (κ2) is 5.51. The zero-order valence-corrected chi connectivity index (χ0v) is 10.5. The molecule has 1 aromatic heterocycles. The maximum Gasteiger partial charge on any atom is 0.416 e. The van der Waals surface area contributed by atoms with Gasteiger partial charge in [-0.2, -0.15) is 17.6 Å². The lowest BCUT2D eigenvalue weighted by Gasteiger charge is -2.10. The number of carboxylic acids is 1. The standard InChI is InChI=1S/C14H9F4NO2/c15-13-11(4-8(7-19-13)5-12(20)21)9-2-1-3-10(6-9)14(16,17)18/h1-4,6-7H,5H2,(H,20,21). The summed E-state index contributed by atoms with van der Waals surface area (Å²) in [5.74, 6) is -2.10. The highest BCUT2D eigenvalue weighted by Gasteiger charge is 2.30. The van der Waals surface area contributed by atoms with E-state index in [1.807, 2.05) is 0 Å². The number of hydrogen-bond donors (Lipinski definition) is 1. The molecule has 7 heteroatoms. The lowest BCUT2D eigenvalue weighted by molar-refractivity contribution is -0.138. The van der Waals surface area contributed by atoms with Gasteiger partial charge in [-0.1, -0.05) is 12.1 Å². The maximum atomic E-state index is 13.7. The summed E-state index contributed by atoms with van der Waals surface area (Å²) in [5, 5.41) is 8.68. The molecule has 2 rings (SSSR count). The van der Waals surface area contributed by atoms with Gasteiger partial charge in [-0.25, -0.2) is 4.98 Å². The Hall–Kier alpha value is -2.44. The summed E-state index contributed by atoms with van der Waals surface area (Å²) in [7, 11) is 0. The summed E-state index contributed by atoms with van der Waals surface area (Å²) >= 11 is 0.